The average Bonchev–Trinajstić information content (AvgIpc) is 2.88. The topological polar surface area (TPSA) is 65.2 Å². The van der Waals surface area contributed by atoms with Gasteiger partial charge in [0.1, 0.15) is 11.5 Å². The minimum atomic E-state index is -0.0454. The van der Waals surface area contributed by atoms with Crippen LogP contribution in [0.3, 0.4) is 0 Å². The van der Waals surface area contributed by atoms with E-state index in [9.17, 15) is 10.2 Å². The van der Waals surface area contributed by atoms with E-state index in [1.807, 2.05) is 86.6 Å². The molecule has 4 rings (SSSR count). The second-order valence-corrected chi connectivity index (χ2v) is 12.4. The van der Waals surface area contributed by atoms with Crippen molar-refractivity contribution >= 4 is 22.8 Å². The van der Waals surface area contributed by atoms with Crippen molar-refractivity contribution in [2.24, 2.45) is 9.98 Å². The average molecular weight is 598 g/mol. The van der Waals surface area contributed by atoms with Gasteiger partial charge in [0.15, 0.2) is 0 Å². The Labute approximate surface area is 257 Å². The smallest absolute Gasteiger partial charge is 0.124 e. The normalized spacial score (nSPS) is 12.7. The molecule has 0 saturated carbocycles. The van der Waals surface area contributed by atoms with Crippen molar-refractivity contribution in [1.82, 2.24) is 0 Å². The summed E-state index contributed by atoms with van der Waals surface area (Å²) >= 11 is 0. The SMILES string of the molecule is CC(=Nc1ccccc1-c1ccccc1N=C(C)c1cc(C(C)(C)C)ccc1O)c1cc(C(C)(C)C)ccc1O.[Zn]. The summed E-state index contributed by atoms with van der Waals surface area (Å²) in [6, 6.07) is 27.4. The molecular weight excluding hydrogens is 558 g/mol. The van der Waals surface area contributed by atoms with Crippen LogP contribution in [0.15, 0.2) is 94.9 Å². The van der Waals surface area contributed by atoms with Gasteiger partial charge in [0.2, 0.25) is 0 Å². The summed E-state index contributed by atoms with van der Waals surface area (Å²) in [6.07, 6.45) is 0. The second-order valence-electron chi connectivity index (χ2n) is 12.4. The first-order valence-corrected chi connectivity index (χ1v) is 13.7. The molecule has 0 aliphatic carbocycles. The number of nitrogens with zero attached hydrogens (tertiary/aromatic N) is 2. The maximum Gasteiger partial charge on any atom is 0.124 e. The Morgan fingerprint density at radius 3 is 1.22 bits per heavy atom. The molecule has 0 fully saturated rings. The second kappa shape index (κ2) is 12.5. The predicted molar refractivity (Wildman–Crippen MR) is 169 cm³/mol. The van der Waals surface area contributed by atoms with Crippen LogP contribution in [0.5, 0.6) is 11.5 Å². The molecule has 0 aliphatic rings. The van der Waals surface area contributed by atoms with Crippen LogP contribution in [0.4, 0.5) is 11.4 Å². The summed E-state index contributed by atoms with van der Waals surface area (Å²) in [5, 5.41) is 21.3. The molecule has 41 heavy (non-hydrogen) atoms. The van der Waals surface area contributed by atoms with Crippen LogP contribution >= 0.6 is 0 Å². The fourth-order valence-electron chi connectivity index (χ4n) is 4.66. The van der Waals surface area contributed by atoms with Crippen molar-refractivity contribution in [3.63, 3.8) is 0 Å². The van der Waals surface area contributed by atoms with Crippen LogP contribution in [0.1, 0.15) is 77.6 Å². The van der Waals surface area contributed by atoms with E-state index in [-0.39, 0.29) is 41.8 Å². The van der Waals surface area contributed by atoms with Crippen molar-refractivity contribution in [2.75, 3.05) is 0 Å². The van der Waals surface area contributed by atoms with Gasteiger partial charge in [0.05, 0.1) is 11.4 Å². The summed E-state index contributed by atoms with van der Waals surface area (Å²) < 4.78 is 0. The number of rotatable bonds is 5. The molecule has 0 radical (unpaired) electrons. The Balaban J connectivity index is 0.00000462. The number of hydrogen-bond donors (Lipinski definition) is 2. The third-order valence-corrected chi connectivity index (χ3v) is 7.18. The molecule has 0 amide bonds. The van der Waals surface area contributed by atoms with E-state index in [2.05, 4.69) is 41.5 Å². The molecule has 0 aromatic heterocycles. The van der Waals surface area contributed by atoms with E-state index in [0.29, 0.717) is 0 Å². The molecule has 0 atom stereocenters. The van der Waals surface area contributed by atoms with Gasteiger partial charge in [0, 0.05) is 53.2 Å². The predicted octanol–water partition coefficient (Wildman–Crippen LogP) is 9.64. The molecule has 0 heterocycles. The van der Waals surface area contributed by atoms with Crippen LogP contribution in [-0.2, 0) is 30.3 Å². The maximum absolute atomic E-state index is 10.7. The Morgan fingerprint density at radius 1 is 0.537 bits per heavy atom. The molecule has 0 aliphatic heterocycles. The quantitative estimate of drug-likeness (QED) is 0.178. The third kappa shape index (κ3) is 7.40. The molecular formula is C36H40N2O2Zn. The molecule has 208 valence electrons. The van der Waals surface area contributed by atoms with Gasteiger partial charge in [-0.15, -0.1) is 0 Å². The van der Waals surface area contributed by atoms with Crippen LogP contribution in [0, 0.1) is 0 Å². The number of phenolic OH excluding ortho intramolecular Hbond substituents is 2. The van der Waals surface area contributed by atoms with Crippen molar-refractivity contribution in [1.29, 1.82) is 0 Å². The molecule has 4 aromatic rings. The van der Waals surface area contributed by atoms with Gasteiger partial charge >= 0.3 is 0 Å². The molecule has 0 saturated heterocycles. The number of hydrogen-bond acceptors (Lipinski definition) is 4. The van der Waals surface area contributed by atoms with Gasteiger partial charge in [0.25, 0.3) is 0 Å². The van der Waals surface area contributed by atoms with E-state index in [4.69, 9.17) is 9.98 Å². The molecule has 0 spiro atoms. The fraction of sp³-hybridized carbons (Fsp3) is 0.278. The van der Waals surface area contributed by atoms with Gasteiger partial charge in [-0.3, -0.25) is 9.98 Å². The first-order valence-electron chi connectivity index (χ1n) is 13.7. The molecule has 4 nitrogen and oxygen atoms in total. The Hall–Kier alpha value is -3.56. The van der Waals surface area contributed by atoms with Crippen LogP contribution in [0.2, 0.25) is 0 Å². The van der Waals surface area contributed by atoms with Crippen LogP contribution in [0.25, 0.3) is 11.1 Å². The minimum Gasteiger partial charge on any atom is -0.507 e. The molecule has 0 bridgehead atoms. The monoisotopic (exact) mass is 596 g/mol. The number of para-hydroxylation sites is 2. The van der Waals surface area contributed by atoms with Crippen molar-refractivity contribution in [2.45, 2.75) is 66.2 Å². The van der Waals surface area contributed by atoms with E-state index in [0.717, 1.165) is 56.2 Å². The zero-order valence-electron chi connectivity index (χ0n) is 25.6. The maximum atomic E-state index is 10.7. The van der Waals surface area contributed by atoms with Crippen molar-refractivity contribution in [3.05, 3.63) is 107 Å². The van der Waals surface area contributed by atoms with E-state index in [1.165, 1.54) is 0 Å². The number of phenols is 2. The van der Waals surface area contributed by atoms with Gasteiger partial charge in [-0.05, 0) is 72.2 Å². The molecule has 2 N–H and O–H groups in total. The fourth-order valence-corrected chi connectivity index (χ4v) is 4.66. The minimum absolute atomic E-state index is 0. The van der Waals surface area contributed by atoms with Crippen molar-refractivity contribution < 1.29 is 29.7 Å². The zero-order valence-corrected chi connectivity index (χ0v) is 28.5. The Morgan fingerprint density at radius 2 is 0.878 bits per heavy atom. The van der Waals surface area contributed by atoms with Gasteiger partial charge in [-0.2, -0.15) is 0 Å². The largest absolute Gasteiger partial charge is 0.507 e. The van der Waals surface area contributed by atoms with Gasteiger partial charge in [-0.1, -0.05) is 90.1 Å². The Kier molecular flexibility index (Phi) is 9.77. The number of aliphatic imine (C=N–C) groups is 2. The first-order chi connectivity index (χ1) is 18.8. The molecule has 5 heteroatoms. The van der Waals surface area contributed by atoms with Gasteiger partial charge in [-0.25, -0.2) is 0 Å². The standard InChI is InChI=1S/C36H40N2O2.Zn/c1-23(29-21-25(35(3,4)5)17-19-33(29)39)37-31-15-11-9-13-27(31)28-14-10-12-16-32(28)38-24(2)30-22-26(36(6,7)8)18-20-34(30)40;/h9-22,39-40H,1-8H3;. The third-order valence-electron chi connectivity index (χ3n) is 7.18. The zero-order chi connectivity index (χ0) is 29.2. The van der Waals surface area contributed by atoms with E-state index in [1.54, 1.807) is 12.1 Å². The van der Waals surface area contributed by atoms with E-state index >= 15 is 0 Å². The summed E-state index contributed by atoms with van der Waals surface area (Å²) in [6.45, 7) is 16.8. The summed E-state index contributed by atoms with van der Waals surface area (Å²) in [7, 11) is 0. The first kappa shape index (κ1) is 32.0. The summed E-state index contributed by atoms with van der Waals surface area (Å²) in [5.74, 6) is 0.425. The van der Waals surface area contributed by atoms with Crippen LogP contribution < -0.4 is 0 Å². The van der Waals surface area contributed by atoms with Gasteiger partial charge < -0.3 is 10.2 Å². The van der Waals surface area contributed by atoms with E-state index < -0.39 is 0 Å². The molecule has 0 unspecified atom stereocenters. The summed E-state index contributed by atoms with van der Waals surface area (Å²) in [4.78, 5) is 9.98. The number of benzene rings is 4. The molecule has 4 aromatic carbocycles. The Bertz CT molecular complexity index is 1480. The number of aromatic hydroxyl groups is 2. The van der Waals surface area contributed by atoms with Crippen LogP contribution in [-0.4, -0.2) is 21.6 Å². The summed E-state index contributed by atoms with van der Waals surface area (Å²) in [5.41, 5.74) is 8.55. The van der Waals surface area contributed by atoms with Crippen molar-refractivity contribution in [3.8, 4) is 22.6 Å².